The van der Waals surface area contributed by atoms with Gasteiger partial charge in [0.05, 0.1) is 25.2 Å². The van der Waals surface area contributed by atoms with Crippen molar-refractivity contribution in [2.75, 3.05) is 43.4 Å². The van der Waals surface area contributed by atoms with E-state index in [1.54, 1.807) is 12.1 Å². The summed E-state index contributed by atoms with van der Waals surface area (Å²) in [4.78, 5) is 15.3. The Bertz CT molecular complexity index is 848. The summed E-state index contributed by atoms with van der Waals surface area (Å²) in [6.07, 6.45) is 4.00. The number of morpholine rings is 1. The van der Waals surface area contributed by atoms with E-state index >= 15 is 0 Å². The molecule has 0 bridgehead atoms. The van der Waals surface area contributed by atoms with Gasteiger partial charge < -0.3 is 10.1 Å². The van der Waals surface area contributed by atoms with Crippen molar-refractivity contribution in [1.29, 1.82) is 0 Å². The molecule has 3 rings (SSSR count). The van der Waals surface area contributed by atoms with Crippen LogP contribution in [0.1, 0.15) is 49.5 Å². The molecule has 30 heavy (non-hydrogen) atoms. The average Bonchev–Trinajstić information content (AvgIpc) is 3.06. The maximum Gasteiger partial charge on any atom is 0.251 e. The number of carbonyl (C=O) groups is 1. The highest BCUT2D eigenvalue weighted by molar-refractivity contribution is 7.92. The Hall–Kier alpha value is -1.64. The molecule has 2 aliphatic rings. The van der Waals surface area contributed by atoms with Crippen molar-refractivity contribution >= 4 is 21.6 Å². The minimum absolute atomic E-state index is 0.104. The molecule has 8 heteroatoms. The minimum atomic E-state index is -3.33. The number of ether oxygens (including phenoxy) is 1. The van der Waals surface area contributed by atoms with Crippen molar-refractivity contribution < 1.29 is 17.9 Å². The molecule has 0 unspecified atom stereocenters. The van der Waals surface area contributed by atoms with Gasteiger partial charge in [0.25, 0.3) is 5.91 Å². The van der Waals surface area contributed by atoms with Crippen LogP contribution >= 0.6 is 0 Å². The molecule has 0 radical (unpaired) electrons. The first-order valence-electron chi connectivity index (χ1n) is 11.0. The number of nitrogens with one attached hydrogen (secondary N) is 1. The van der Waals surface area contributed by atoms with E-state index in [9.17, 15) is 13.2 Å². The SMILES string of the molecule is CCC(CC)[C@@H](CNC(=O)c1ccc2c(c1)C[C@@H](C)N2S(C)(=O)=O)N1CCOCC1. The first-order valence-corrected chi connectivity index (χ1v) is 12.8. The standard InChI is InChI=1S/C22H35N3O4S/c1-5-17(6-2)21(24-9-11-29-12-10-24)15-23-22(26)18-7-8-20-19(14-18)13-16(3)25(20)30(4,27)28/h7-8,14,16-17,21H,5-6,9-13,15H2,1-4H3,(H,23,26)/t16-,21-/m1/s1. The van der Waals surface area contributed by atoms with Crippen LogP contribution in [-0.4, -0.2) is 70.4 Å². The van der Waals surface area contributed by atoms with Gasteiger partial charge in [-0.15, -0.1) is 0 Å². The lowest BCUT2D eigenvalue weighted by Crippen LogP contribution is -2.52. The Morgan fingerprint density at radius 1 is 1.23 bits per heavy atom. The van der Waals surface area contributed by atoms with Crippen molar-refractivity contribution in [2.45, 2.75) is 52.1 Å². The summed E-state index contributed by atoms with van der Waals surface area (Å²) in [7, 11) is -3.33. The average molecular weight is 438 g/mol. The Kier molecular flexibility index (Phi) is 7.42. The fraction of sp³-hybridized carbons (Fsp3) is 0.682. The molecule has 1 aromatic rings. The second kappa shape index (κ2) is 9.66. The van der Waals surface area contributed by atoms with Crippen LogP contribution in [0.15, 0.2) is 18.2 Å². The highest BCUT2D eigenvalue weighted by atomic mass is 32.2. The summed E-state index contributed by atoms with van der Waals surface area (Å²) in [5, 5.41) is 3.14. The summed E-state index contributed by atoms with van der Waals surface area (Å²) >= 11 is 0. The van der Waals surface area contributed by atoms with Crippen LogP contribution < -0.4 is 9.62 Å². The van der Waals surface area contributed by atoms with Crippen LogP contribution in [0.5, 0.6) is 0 Å². The molecule has 2 heterocycles. The van der Waals surface area contributed by atoms with E-state index in [0.717, 1.165) is 44.7 Å². The summed E-state index contributed by atoms with van der Waals surface area (Å²) in [6.45, 7) is 10.2. The van der Waals surface area contributed by atoms with Gasteiger partial charge >= 0.3 is 0 Å². The minimum Gasteiger partial charge on any atom is -0.379 e. The van der Waals surface area contributed by atoms with Crippen molar-refractivity contribution in [3.63, 3.8) is 0 Å². The van der Waals surface area contributed by atoms with E-state index < -0.39 is 10.0 Å². The van der Waals surface area contributed by atoms with Gasteiger partial charge in [0.2, 0.25) is 10.0 Å². The molecule has 1 fully saturated rings. The lowest BCUT2D eigenvalue weighted by atomic mass is 9.92. The number of sulfonamides is 1. The molecule has 7 nitrogen and oxygen atoms in total. The van der Waals surface area contributed by atoms with E-state index in [1.807, 2.05) is 13.0 Å². The Morgan fingerprint density at radius 2 is 1.90 bits per heavy atom. The number of benzene rings is 1. The normalized spacial score (nSPS) is 21.0. The molecule has 0 spiro atoms. The molecule has 0 aromatic heterocycles. The summed E-state index contributed by atoms with van der Waals surface area (Å²) in [5.41, 5.74) is 2.18. The van der Waals surface area contributed by atoms with E-state index in [0.29, 0.717) is 36.2 Å². The largest absolute Gasteiger partial charge is 0.379 e. The number of anilines is 1. The molecule has 1 amide bonds. The number of carbonyl (C=O) groups excluding carboxylic acids is 1. The molecule has 1 N–H and O–H groups in total. The Labute approximate surface area is 180 Å². The molecule has 2 atom stereocenters. The molecule has 2 aliphatic heterocycles. The zero-order valence-corrected chi connectivity index (χ0v) is 19.4. The smallest absolute Gasteiger partial charge is 0.251 e. The van der Waals surface area contributed by atoms with Gasteiger partial charge in [-0.05, 0) is 43.0 Å². The summed E-state index contributed by atoms with van der Waals surface area (Å²) in [5.74, 6) is 0.417. The van der Waals surface area contributed by atoms with Crippen LogP contribution in [0, 0.1) is 5.92 Å². The van der Waals surface area contributed by atoms with Crippen LogP contribution in [0.4, 0.5) is 5.69 Å². The lowest BCUT2D eigenvalue weighted by molar-refractivity contribution is 0.00191. The molecular weight excluding hydrogens is 402 g/mol. The zero-order valence-electron chi connectivity index (χ0n) is 18.6. The van der Waals surface area contributed by atoms with Crippen molar-refractivity contribution in [3.05, 3.63) is 29.3 Å². The van der Waals surface area contributed by atoms with E-state index in [1.165, 1.54) is 10.6 Å². The Balaban J connectivity index is 1.71. The third-order valence-corrected chi connectivity index (χ3v) is 7.70. The number of rotatable bonds is 8. The third kappa shape index (κ3) is 4.98. The van der Waals surface area contributed by atoms with Crippen LogP contribution in [0.25, 0.3) is 0 Å². The maximum atomic E-state index is 12.9. The van der Waals surface area contributed by atoms with Gasteiger partial charge in [-0.2, -0.15) is 0 Å². The van der Waals surface area contributed by atoms with Gasteiger partial charge in [0.15, 0.2) is 0 Å². The monoisotopic (exact) mass is 437 g/mol. The van der Waals surface area contributed by atoms with Gasteiger partial charge in [0.1, 0.15) is 0 Å². The lowest BCUT2D eigenvalue weighted by Gasteiger charge is -2.38. The van der Waals surface area contributed by atoms with E-state index in [-0.39, 0.29) is 11.9 Å². The van der Waals surface area contributed by atoms with E-state index in [4.69, 9.17) is 4.74 Å². The number of fused-ring (bicyclic) bond motifs is 1. The molecule has 1 aromatic carbocycles. The first-order chi connectivity index (χ1) is 14.3. The highest BCUT2D eigenvalue weighted by Gasteiger charge is 2.33. The third-order valence-electron chi connectivity index (χ3n) is 6.43. The number of hydrogen-bond acceptors (Lipinski definition) is 5. The van der Waals surface area contributed by atoms with Crippen LogP contribution in [0.2, 0.25) is 0 Å². The fourth-order valence-electron chi connectivity index (χ4n) is 4.88. The van der Waals surface area contributed by atoms with Crippen molar-refractivity contribution in [2.24, 2.45) is 5.92 Å². The quantitative estimate of drug-likeness (QED) is 0.675. The topological polar surface area (TPSA) is 79.0 Å². The fourth-order valence-corrected chi connectivity index (χ4v) is 6.15. The second-order valence-corrected chi connectivity index (χ2v) is 10.3. The Morgan fingerprint density at radius 3 is 2.50 bits per heavy atom. The predicted octanol–water partition coefficient (Wildman–Crippen LogP) is 2.26. The summed E-state index contributed by atoms with van der Waals surface area (Å²) < 4.78 is 31.2. The molecule has 0 saturated carbocycles. The maximum absolute atomic E-state index is 12.9. The van der Waals surface area contributed by atoms with Gasteiger partial charge in [-0.25, -0.2) is 8.42 Å². The first kappa shape index (κ1) is 23.0. The second-order valence-electron chi connectivity index (χ2n) is 8.46. The van der Waals surface area contributed by atoms with Crippen LogP contribution in [0.3, 0.4) is 0 Å². The molecule has 1 saturated heterocycles. The zero-order chi connectivity index (χ0) is 21.9. The molecule has 168 valence electrons. The van der Waals surface area contributed by atoms with Gasteiger partial charge in [-0.1, -0.05) is 26.7 Å². The number of amides is 1. The van der Waals surface area contributed by atoms with Gasteiger partial charge in [0, 0.05) is 37.3 Å². The van der Waals surface area contributed by atoms with Gasteiger partial charge in [-0.3, -0.25) is 14.0 Å². The predicted molar refractivity (Wildman–Crippen MR) is 120 cm³/mol. The van der Waals surface area contributed by atoms with E-state index in [2.05, 4.69) is 24.1 Å². The number of nitrogens with zero attached hydrogens (tertiary/aromatic N) is 2. The van der Waals surface area contributed by atoms with Crippen LogP contribution in [-0.2, 0) is 21.2 Å². The molecule has 0 aliphatic carbocycles. The molecular formula is C22H35N3O4S. The summed E-state index contributed by atoms with van der Waals surface area (Å²) in [6, 6.07) is 5.49. The number of hydrogen-bond donors (Lipinski definition) is 1. The highest BCUT2D eigenvalue weighted by Crippen LogP contribution is 2.34. The van der Waals surface area contributed by atoms with Crippen molar-refractivity contribution in [1.82, 2.24) is 10.2 Å². The van der Waals surface area contributed by atoms with Crippen molar-refractivity contribution in [3.8, 4) is 0 Å².